The standard InChI is InChI=1S/C27H37N3O4/c1-21-4-9-25(22(2)18-21)34-20-27(32)10-3-13-29(14-11-27)19-23-5-7-24(8-6-23)33-17-16-30-15-12-28-26(30)31/h4-9,18,32H,3,10-17,19-20H2,1-2H3,(H,28,31)/t27-/m0/s1. The van der Waals surface area contributed by atoms with Crippen LogP contribution in [0.3, 0.4) is 0 Å². The smallest absolute Gasteiger partial charge is 0.317 e. The molecule has 0 saturated carbocycles. The molecule has 2 saturated heterocycles. The van der Waals surface area contributed by atoms with Crippen molar-refractivity contribution in [3.8, 4) is 11.5 Å². The third-order valence-electron chi connectivity index (χ3n) is 6.74. The molecular formula is C27H37N3O4. The highest BCUT2D eigenvalue weighted by Gasteiger charge is 2.31. The van der Waals surface area contributed by atoms with Crippen LogP contribution in [-0.4, -0.2) is 72.5 Å². The highest BCUT2D eigenvalue weighted by molar-refractivity contribution is 5.76. The van der Waals surface area contributed by atoms with E-state index >= 15 is 0 Å². The molecule has 2 amide bonds. The number of rotatable bonds is 9. The summed E-state index contributed by atoms with van der Waals surface area (Å²) in [4.78, 5) is 15.7. The van der Waals surface area contributed by atoms with Crippen molar-refractivity contribution in [2.75, 3.05) is 45.9 Å². The molecular weight excluding hydrogens is 430 g/mol. The van der Waals surface area contributed by atoms with Gasteiger partial charge in [0.25, 0.3) is 0 Å². The quantitative estimate of drug-likeness (QED) is 0.591. The van der Waals surface area contributed by atoms with Gasteiger partial charge < -0.3 is 24.8 Å². The van der Waals surface area contributed by atoms with Crippen molar-refractivity contribution in [2.24, 2.45) is 0 Å². The van der Waals surface area contributed by atoms with Crippen LogP contribution >= 0.6 is 0 Å². The summed E-state index contributed by atoms with van der Waals surface area (Å²) in [5, 5.41) is 14.0. The number of carbonyl (C=O) groups excluding carboxylic acids is 1. The van der Waals surface area contributed by atoms with Crippen LogP contribution < -0.4 is 14.8 Å². The molecule has 0 spiro atoms. The predicted octanol–water partition coefficient (Wildman–Crippen LogP) is 3.50. The first-order chi connectivity index (χ1) is 16.4. The van der Waals surface area contributed by atoms with Gasteiger partial charge in [0.2, 0.25) is 0 Å². The molecule has 2 aliphatic rings. The van der Waals surface area contributed by atoms with Gasteiger partial charge in [0.1, 0.15) is 24.7 Å². The van der Waals surface area contributed by atoms with Crippen LogP contribution in [0.1, 0.15) is 36.0 Å². The summed E-state index contributed by atoms with van der Waals surface area (Å²) in [5.74, 6) is 1.67. The van der Waals surface area contributed by atoms with Crippen molar-refractivity contribution < 1.29 is 19.4 Å². The predicted molar refractivity (Wildman–Crippen MR) is 132 cm³/mol. The second kappa shape index (κ2) is 11.1. The van der Waals surface area contributed by atoms with E-state index in [0.717, 1.165) is 56.1 Å². The Balaban J connectivity index is 1.22. The Hall–Kier alpha value is -2.77. The van der Waals surface area contributed by atoms with Crippen LogP contribution in [0, 0.1) is 13.8 Å². The number of nitrogens with zero attached hydrogens (tertiary/aromatic N) is 2. The molecule has 2 aromatic carbocycles. The van der Waals surface area contributed by atoms with E-state index in [0.29, 0.717) is 32.7 Å². The molecule has 0 aliphatic carbocycles. The van der Waals surface area contributed by atoms with Crippen molar-refractivity contribution in [2.45, 2.75) is 45.3 Å². The van der Waals surface area contributed by atoms with Gasteiger partial charge in [-0.05, 0) is 69.0 Å². The number of nitrogens with one attached hydrogen (secondary N) is 1. The van der Waals surface area contributed by atoms with Crippen LogP contribution in [0.25, 0.3) is 0 Å². The fourth-order valence-electron chi connectivity index (χ4n) is 4.66. The number of aryl methyl sites for hydroxylation is 2. The van der Waals surface area contributed by atoms with Crippen LogP contribution in [0.2, 0.25) is 0 Å². The van der Waals surface area contributed by atoms with E-state index in [9.17, 15) is 9.90 Å². The second-order valence-corrected chi connectivity index (χ2v) is 9.62. The number of carbonyl (C=O) groups is 1. The zero-order chi connectivity index (χ0) is 24.0. The van der Waals surface area contributed by atoms with Crippen LogP contribution in [0.4, 0.5) is 4.79 Å². The molecule has 2 fully saturated rings. The number of hydrogen-bond acceptors (Lipinski definition) is 5. The Morgan fingerprint density at radius 3 is 2.59 bits per heavy atom. The Labute approximate surface area is 202 Å². The second-order valence-electron chi connectivity index (χ2n) is 9.62. The molecule has 2 aromatic rings. The Bertz CT molecular complexity index is 965. The molecule has 0 aromatic heterocycles. The van der Waals surface area contributed by atoms with Gasteiger partial charge in [-0.3, -0.25) is 4.90 Å². The van der Waals surface area contributed by atoms with Gasteiger partial charge >= 0.3 is 6.03 Å². The van der Waals surface area contributed by atoms with Crippen molar-refractivity contribution >= 4 is 6.03 Å². The van der Waals surface area contributed by atoms with Gasteiger partial charge in [0.15, 0.2) is 0 Å². The molecule has 7 nitrogen and oxygen atoms in total. The molecule has 7 heteroatoms. The molecule has 0 bridgehead atoms. The summed E-state index contributed by atoms with van der Waals surface area (Å²) in [6.07, 6.45) is 2.39. The van der Waals surface area contributed by atoms with E-state index in [1.165, 1.54) is 11.1 Å². The third-order valence-corrected chi connectivity index (χ3v) is 6.74. The van der Waals surface area contributed by atoms with E-state index in [-0.39, 0.29) is 6.03 Å². The lowest BCUT2D eigenvalue weighted by Crippen LogP contribution is -2.37. The van der Waals surface area contributed by atoms with Gasteiger partial charge in [-0.1, -0.05) is 29.8 Å². The number of urea groups is 1. The number of likely N-dealkylation sites (tertiary alicyclic amines) is 1. The molecule has 184 valence electrons. The average molecular weight is 468 g/mol. The maximum Gasteiger partial charge on any atom is 0.317 e. The number of benzene rings is 2. The molecule has 2 N–H and O–H groups in total. The lowest BCUT2D eigenvalue weighted by Gasteiger charge is -2.27. The molecule has 2 aliphatic heterocycles. The van der Waals surface area contributed by atoms with Gasteiger partial charge in [-0.15, -0.1) is 0 Å². The Morgan fingerprint density at radius 1 is 1.03 bits per heavy atom. The minimum atomic E-state index is -0.796. The van der Waals surface area contributed by atoms with Crippen LogP contribution in [0.5, 0.6) is 11.5 Å². The Kier molecular flexibility index (Phi) is 7.95. The van der Waals surface area contributed by atoms with Crippen molar-refractivity contribution in [1.82, 2.24) is 15.1 Å². The largest absolute Gasteiger partial charge is 0.492 e. The average Bonchev–Trinajstić information content (AvgIpc) is 3.13. The van der Waals surface area contributed by atoms with Gasteiger partial charge in [-0.25, -0.2) is 4.79 Å². The van der Waals surface area contributed by atoms with Gasteiger partial charge in [-0.2, -0.15) is 0 Å². The summed E-state index contributed by atoms with van der Waals surface area (Å²) < 4.78 is 11.8. The minimum absolute atomic E-state index is 0.0138. The zero-order valence-electron chi connectivity index (χ0n) is 20.4. The van der Waals surface area contributed by atoms with Gasteiger partial charge in [0.05, 0.1) is 12.1 Å². The summed E-state index contributed by atoms with van der Waals surface area (Å²) in [5.41, 5.74) is 2.75. The maximum atomic E-state index is 11.6. The van der Waals surface area contributed by atoms with E-state index in [2.05, 4.69) is 35.3 Å². The molecule has 34 heavy (non-hydrogen) atoms. The van der Waals surface area contributed by atoms with Crippen LogP contribution in [0.15, 0.2) is 42.5 Å². The van der Waals surface area contributed by atoms with Gasteiger partial charge in [0, 0.05) is 26.2 Å². The molecule has 0 radical (unpaired) electrons. The molecule has 4 rings (SSSR count). The fraction of sp³-hybridized carbons (Fsp3) is 0.519. The van der Waals surface area contributed by atoms with E-state index in [1.807, 2.05) is 31.2 Å². The topological polar surface area (TPSA) is 74.3 Å². The first-order valence-corrected chi connectivity index (χ1v) is 12.3. The monoisotopic (exact) mass is 467 g/mol. The van der Waals surface area contributed by atoms with Crippen molar-refractivity contribution in [3.05, 3.63) is 59.2 Å². The van der Waals surface area contributed by atoms with E-state index < -0.39 is 5.60 Å². The summed E-state index contributed by atoms with van der Waals surface area (Å²) in [6.45, 7) is 9.62. The van der Waals surface area contributed by atoms with E-state index in [1.54, 1.807) is 4.90 Å². The Morgan fingerprint density at radius 2 is 1.85 bits per heavy atom. The SMILES string of the molecule is Cc1ccc(OC[C@]2(O)CCCN(Cc3ccc(OCCN4CCNC4=O)cc3)CC2)c(C)c1. The molecule has 1 atom stereocenters. The molecule has 0 unspecified atom stereocenters. The summed E-state index contributed by atoms with van der Waals surface area (Å²) in [6, 6.07) is 14.3. The maximum absolute atomic E-state index is 11.6. The summed E-state index contributed by atoms with van der Waals surface area (Å²) >= 11 is 0. The summed E-state index contributed by atoms with van der Waals surface area (Å²) in [7, 11) is 0. The first kappa shape index (κ1) is 24.4. The fourth-order valence-corrected chi connectivity index (χ4v) is 4.66. The number of aliphatic hydroxyl groups is 1. The normalized spacial score (nSPS) is 21.3. The van der Waals surface area contributed by atoms with E-state index in [4.69, 9.17) is 9.47 Å². The highest BCUT2D eigenvalue weighted by Crippen LogP contribution is 2.26. The first-order valence-electron chi connectivity index (χ1n) is 12.3. The lowest BCUT2D eigenvalue weighted by molar-refractivity contribution is -0.0170. The van der Waals surface area contributed by atoms with Crippen LogP contribution in [-0.2, 0) is 6.54 Å². The van der Waals surface area contributed by atoms with Crippen molar-refractivity contribution in [3.63, 3.8) is 0 Å². The third kappa shape index (κ3) is 6.64. The minimum Gasteiger partial charge on any atom is -0.492 e. The number of ether oxygens (including phenoxy) is 2. The lowest BCUT2D eigenvalue weighted by atomic mass is 9.96. The zero-order valence-corrected chi connectivity index (χ0v) is 20.4. The van der Waals surface area contributed by atoms with Crippen molar-refractivity contribution in [1.29, 1.82) is 0 Å². The number of amides is 2. The highest BCUT2D eigenvalue weighted by atomic mass is 16.5. The molecule has 2 heterocycles. The number of hydrogen-bond donors (Lipinski definition) is 2.